The Balaban J connectivity index is 1.52. The first kappa shape index (κ1) is 13.8. The molecule has 1 saturated carbocycles. The van der Waals surface area contributed by atoms with E-state index in [1.165, 1.54) is 12.8 Å². The van der Waals surface area contributed by atoms with Crippen molar-refractivity contribution in [1.82, 2.24) is 25.1 Å². The third-order valence-corrected chi connectivity index (χ3v) is 5.47. The van der Waals surface area contributed by atoms with Gasteiger partial charge < -0.3 is 9.42 Å². The maximum Gasteiger partial charge on any atom is 0.234 e. The Morgan fingerprint density at radius 3 is 3.00 bits per heavy atom. The molecule has 2 fully saturated rings. The van der Waals surface area contributed by atoms with Crippen LogP contribution in [0.5, 0.6) is 0 Å². The van der Waals surface area contributed by atoms with Gasteiger partial charge in [-0.25, -0.2) is 9.97 Å². The van der Waals surface area contributed by atoms with Gasteiger partial charge in [0.2, 0.25) is 5.89 Å². The number of fused-ring (bicyclic) bond motifs is 2. The Labute approximate surface area is 139 Å². The van der Waals surface area contributed by atoms with Crippen molar-refractivity contribution in [2.75, 3.05) is 18.0 Å². The number of hydrogen-bond donors (Lipinski definition) is 0. The molecule has 0 aromatic carbocycles. The zero-order valence-electron chi connectivity index (χ0n) is 13.5. The molecule has 1 aliphatic heterocycles. The first-order valence-corrected chi connectivity index (χ1v) is 8.38. The van der Waals surface area contributed by atoms with E-state index in [2.05, 4.69) is 25.0 Å². The molecular formula is C17H18N6O. The van der Waals surface area contributed by atoms with Crippen LogP contribution in [0, 0.1) is 12.8 Å². The maximum absolute atomic E-state index is 5.58. The fraction of sp³-hybridized carbons (Fsp3) is 0.471. The van der Waals surface area contributed by atoms with Crippen LogP contribution in [-0.4, -0.2) is 38.2 Å². The molecule has 5 rings (SSSR count). The normalized spacial score (nSPS) is 26.2. The number of anilines is 1. The second-order valence-corrected chi connectivity index (χ2v) is 6.84. The number of hydrogen-bond acceptors (Lipinski definition) is 7. The molecular weight excluding hydrogens is 304 g/mol. The molecule has 0 spiro atoms. The lowest BCUT2D eigenvalue weighted by atomic mass is 9.80. The Hall–Kier alpha value is -2.57. The molecule has 0 N–H and O–H groups in total. The SMILES string of the molecule is Cc1noc([C@]23CCC[C@H]2CN(c2ccc4nccnc4n2)C3)n1. The maximum atomic E-state index is 5.58. The van der Waals surface area contributed by atoms with Crippen molar-refractivity contribution >= 4 is 17.0 Å². The van der Waals surface area contributed by atoms with Gasteiger partial charge in [-0.05, 0) is 37.8 Å². The molecule has 0 bridgehead atoms. The van der Waals surface area contributed by atoms with E-state index >= 15 is 0 Å². The van der Waals surface area contributed by atoms with Crippen molar-refractivity contribution in [1.29, 1.82) is 0 Å². The monoisotopic (exact) mass is 322 g/mol. The van der Waals surface area contributed by atoms with Gasteiger partial charge >= 0.3 is 0 Å². The first-order chi connectivity index (χ1) is 11.7. The fourth-order valence-electron chi connectivity index (χ4n) is 4.33. The molecule has 0 radical (unpaired) electrons. The standard InChI is InChI=1S/C17H18N6O/c1-11-20-16(24-22-11)17-6-2-3-12(17)9-23(10-17)14-5-4-13-15(21-14)19-8-7-18-13/h4-5,7-8,12H,2-3,6,9-10H2,1H3/t12-,17-/m0/s1. The summed E-state index contributed by atoms with van der Waals surface area (Å²) in [4.78, 5) is 20.2. The minimum Gasteiger partial charge on any atom is -0.355 e. The van der Waals surface area contributed by atoms with Crippen molar-refractivity contribution in [3.63, 3.8) is 0 Å². The largest absolute Gasteiger partial charge is 0.355 e. The van der Waals surface area contributed by atoms with Crippen molar-refractivity contribution in [3.05, 3.63) is 36.2 Å². The first-order valence-electron chi connectivity index (χ1n) is 8.38. The highest BCUT2D eigenvalue weighted by Gasteiger charge is 2.54. The lowest BCUT2D eigenvalue weighted by Gasteiger charge is -2.24. The van der Waals surface area contributed by atoms with Gasteiger partial charge in [0.1, 0.15) is 11.3 Å². The van der Waals surface area contributed by atoms with Crippen LogP contribution < -0.4 is 4.90 Å². The van der Waals surface area contributed by atoms with Crippen LogP contribution in [0.2, 0.25) is 0 Å². The summed E-state index contributed by atoms with van der Waals surface area (Å²) >= 11 is 0. The van der Waals surface area contributed by atoms with Crippen molar-refractivity contribution in [2.24, 2.45) is 5.92 Å². The second-order valence-electron chi connectivity index (χ2n) is 6.84. The van der Waals surface area contributed by atoms with Crippen LogP contribution in [0.15, 0.2) is 29.0 Å². The fourth-order valence-corrected chi connectivity index (χ4v) is 4.33. The molecule has 2 aliphatic rings. The molecule has 24 heavy (non-hydrogen) atoms. The van der Waals surface area contributed by atoms with E-state index in [4.69, 9.17) is 9.51 Å². The summed E-state index contributed by atoms with van der Waals surface area (Å²) in [5, 5.41) is 4.02. The average molecular weight is 322 g/mol. The van der Waals surface area contributed by atoms with Gasteiger partial charge in [-0.1, -0.05) is 11.6 Å². The average Bonchev–Trinajstić information content (AvgIpc) is 3.28. The van der Waals surface area contributed by atoms with E-state index in [1.54, 1.807) is 12.4 Å². The van der Waals surface area contributed by atoms with Crippen LogP contribution in [0.25, 0.3) is 11.2 Å². The van der Waals surface area contributed by atoms with E-state index in [0.29, 0.717) is 17.4 Å². The quantitative estimate of drug-likeness (QED) is 0.716. The molecule has 2 atom stereocenters. The summed E-state index contributed by atoms with van der Waals surface area (Å²) in [5.74, 6) is 3.00. The molecule has 4 heterocycles. The van der Waals surface area contributed by atoms with Crippen molar-refractivity contribution < 1.29 is 4.52 Å². The van der Waals surface area contributed by atoms with Crippen LogP contribution in [0.4, 0.5) is 5.82 Å². The number of aromatic nitrogens is 5. The molecule has 7 heteroatoms. The van der Waals surface area contributed by atoms with E-state index < -0.39 is 0 Å². The Morgan fingerprint density at radius 2 is 2.12 bits per heavy atom. The van der Waals surface area contributed by atoms with E-state index in [-0.39, 0.29) is 5.41 Å². The van der Waals surface area contributed by atoms with Gasteiger partial charge in [-0.15, -0.1) is 0 Å². The highest BCUT2D eigenvalue weighted by atomic mass is 16.5. The van der Waals surface area contributed by atoms with Crippen LogP contribution in [0.3, 0.4) is 0 Å². The summed E-state index contributed by atoms with van der Waals surface area (Å²) in [6.07, 6.45) is 6.89. The third kappa shape index (κ3) is 1.93. The minimum absolute atomic E-state index is 0.0275. The number of aryl methyl sites for hydroxylation is 1. The van der Waals surface area contributed by atoms with E-state index in [1.807, 2.05) is 19.1 Å². The zero-order valence-corrected chi connectivity index (χ0v) is 13.5. The predicted molar refractivity (Wildman–Crippen MR) is 87.6 cm³/mol. The van der Waals surface area contributed by atoms with E-state index in [0.717, 1.165) is 36.7 Å². The van der Waals surface area contributed by atoms with Crippen LogP contribution in [0.1, 0.15) is 31.0 Å². The molecule has 3 aromatic rings. The molecule has 0 unspecified atom stereocenters. The molecule has 1 saturated heterocycles. The number of nitrogens with zero attached hydrogens (tertiary/aromatic N) is 6. The van der Waals surface area contributed by atoms with Crippen molar-refractivity contribution in [2.45, 2.75) is 31.6 Å². The summed E-state index contributed by atoms with van der Waals surface area (Å²) in [7, 11) is 0. The Morgan fingerprint density at radius 1 is 1.21 bits per heavy atom. The summed E-state index contributed by atoms with van der Waals surface area (Å²) in [6, 6.07) is 4.02. The molecule has 0 amide bonds. The zero-order chi connectivity index (χ0) is 16.1. The topological polar surface area (TPSA) is 80.8 Å². The minimum atomic E-state index is -0.0275. The lowest BCUT2D eigenvalue weighted by Crippen LogP contribution is -2.32. The highest BCUT2D eigenvalue weighted by molar-refractivity contribution is 5.71. The summed E-state index contributed by atoms with van der Waals surface area (Å²) in [6.45, 7) is 3.72. The third-order valence-electron chi connectivity index (χ3n) is 5.47. The number of rotatable bonds is 2. The van der Waals surface area contributed by atoms with E-state index in [9.17, 15) is 0 Å². The lowest BCUT2D eigenvalue weighted by molar-refractivity contribution is 0.265. The highest BCUT2D eigenvalue weighted by Crippen LogP contribution is 2.50. The van der Waals surface area contributed by atoms with Gasteiger partial charge in [0.25, 0.3) is 0 Å². The van der Waals surface area contributed by atoms with Gasteiger partial charge in [0.05, 0.1) is 5.41 Å². The Kier molecular flexibility index (Phi) is 2.86. The molecule has 7 nitrogen and oxygen atoms in total. The predicted octanol–water partition coefficient (Wildman–Crippen LogP) is 2.27. The van der Waals surface area contributed by atoms with Gasteiger partial charge in [-0.3, -0.25) is 4.98 Å². The summed E-state index contributed by atoms with van der Waals surface area (Å²) < 4.78 is 5.58. The van der Waals surface area contributed by atoms with Gasteiger partial charge in [-0.2, -0.15) is 4.98 Å². The van der Waals surface area contributed by atoms with Crippen LogP contribution in [-0.2, 0) is 5.41 Å². The van der Waals surface area contributed by atoms with Crippen LogP contribution >= 0.6 is 0 Å². The second kappa shape index (κ2) is 4.96. The van der Waals surface area contributed by atoms with Crippen molar-refractivity contribution in [3.8, 4) is 0 Å². The smallest absolute Gasteiger partial charge is 0.234 e. The summed E-state index contributed by atoms with van der Waals surface area (Å²) in [5.41, 5.74) is 1.48. The molecule has 3 aromatic heterocycles. The van der Waals surface area contributed by atoms with Gasteiger partial charge in [0.15, 0.2) is 11.5 Å². The Bertz CT molecular complexity index is 909. The van der Waals surface area contributed by atoms with Gasteiger partial charge in [0, 0.05) is 25.5 Å². The molecule has 1 aliphatic carbocycles. The molecule has 122 valence electrons. The number of pyridine rings is 1.